The van der Waals surface area contributed by atoms with Gasteiger partial charge >= 0.3 is 5.97 Å². The predicted molar refractivity (Wildman–Crippen MR) is 89.9 cm³/mol. The maximum atomic E-state index is 12.3. The first-order chi connectivity index (χ1) is 11.3. The molecule has 0 saturated carbocycles. The zero-order valence-electron chi connectivity index (χ0n) is 14.5. The van der Waals surface area contributed by atoms with Gasteiger partial charge in [0.2, 0.25) is 0 Å². The molecule has 2 rings (SSSR count). The Morgan fingerprint density at radius 3 is 2.62 bits per heavy atom. The molecule has 1 aromatic rings. The second kappa shape index (κ2) is 7.77. The first kappa shape index (κ1) is 18.4. The highest BCUT2D eigenvalue weighted by atomic mass is 16.5. The van der Waals surface area contributed by atoms with Gasteiger partial charge in [0.15, 0.2) is 6.23 Å². The Morgan fingerprint density at radius 1 is 1.33 bits per heavy atom. The van der Waals surface area contributed by atoms with Crippen molar-refractivity contribution >= 4 is 11.9 Å². The lowest BCUT2D eigenvalue weighted by Gasteiger charge is -2.30. The topological polar surface area (TPSA) is 78.9 Å². The molecule has 6 heteroatoms. The summed E-state index contributed by atoms with van der Waals surface area (Å²) in [6, 6.07) is 8.83. The first-order valence-electron chi connectivity index (χ1n) is 8.24. The maximum Gasteiger partial charge on any atom is 0.323 e. The van der Waals surface area contributed by atoms with E-state index in [-0.39, 0.29) is 6.61 Å². The van der Waals surface area contributed by atoms with Crippen LogP contribution in [0.2, 0.25) is 0 Å². The average Bonchev–Trinajstić information content (AvgIpc) is 3.00. The summed E-state index contributed by atoms with van der Waals surface area (Å²) in [6.07, 6.45) is -0.0284. The van der Waals surface area contributed by atoms with Gasteiger partial charge in [-0.2, -0.15) is 0 Å². The number of hydrogen-bond donors (Lipinski definition) is 2. The molecule has 1 aliphatic heterocycles. The third kappa shape index (κ3) is 5.04. The minimum absolute atomic E-state index is 0.189. The summed E-state index contributed by atoms with van der Waals surface area (Å²) in [6.45, 7) is 6.20. The fourth-order valence-corrected chi connectivity index (χ4v) is 2.74. The van der Waals surface area contributed by atoms with E-state index in [0.29, 0.717) is 13.0 Å². The van der Waals surface area contributed by atoms with Crippen LogP contribution in [-0.2, 0) is 20.9 Å². The molecule has 0 aromatic heterocycles. The van der Waals surface area contributed by atoms with Crippen LogP contribution in [0.15, 0.2) is 30.3 Å². The summed E-state index contributed by atoms with van der Waals surface area (Å²) >= 11 is 0. The van der Waals surface area contributed by atoms with Crippen LogP contribution in [-0.4, -0.2) is 46.2 Å². The molecule has 1 amide bonds. The summed E-state index contributed by atoms with van der Waals surface area (Å²) < 4.78 is 5.35. The molecule has 2 unspecified atom stereocenters. The molecule has 1 heterocycles. The van der Waals surface area contributed by atoms with Crippen LogP contribution in [0, 0.1) is 0 Å². The summed E-state index contributed by atoms with van der Waals surface area (Å²) in [7, 11) is 0. The molecule has 1 saturated heterocycles. The fourth-order valence-electron chi connectivity index (χ4n) is 2.74. The Labute approximate surface area is 142 Å². The molecule has 0 spiro atoms. The molecule has 24 heavy (non-hydrogen) atoms. The number of rotatable bonds is 5. The molecular weight excluding hydrogens is 308 g/mol. The van der Waals surface area contributed by atoms with Gasteiger partial charge < -0.3 is 15.2 Å². The second-order valence-corrected chi connectivity index (χ2v) is 7.10. The molecule has 0 bridgehead atoms. The van der Waals surface area contributed by atoms with Crippen LogP contribution in [0.3, 0.4) is 0 Å². The van der Waals surface area contributed by atoms with Crippen molar-refractivity contribution in [1.82, 2.24) is 10.2 Å². The Kier molecular flexibility index (Phi) is 5.96. The number of hydrogen-bond acceptors (Lipinski definition) is 5. The smallest absolute Gasteiger partial charge is 0.323 e. The quantitative estimate of drug-likeness (QED) is 0.797. The Morgan fingerprint density at radius 2 is 2.00 bits per heavy atom. The minimum atomic E-state index is -1.35. The number of aliphatic hydroxyl groups is 1. The molecule has 132 valence electrons. The van der Waals surface area contributed by atoms with Crippen molar-refractivity contribution < 1.29 is 19.4 Å². The van der Waals surface area contributed by atoms with Gasteiger partial charge in [0.1, 0.15) is 12.6 Å². The highest BCUT2D eigenvalue weighted by molar-refractivity contribution is 5.82. The van der Waals surface area contributed by atoms with Gasteiger partial charge in [-0.15, -0.1) is 0 Å². The number of likely N-dealkylation sites (tertiary alicyclic amines) is 1. The molecule has 0 radical (unpaired) electrons. The maximum absolute atomic E-state index is 12.3. The summed E-state index contributed by atoms with van der Waals surface area (Å²) in [4.78, 5) is 26.0. The van der Waals surface area contributed by atoms with Gasteiger partial charge in [0, 0.05) is 12.1 Å². The van der Waals surface area contributed by atoms with Gasteiger partial charge in [-0.1, -0.05) is 30.3 Å². The van der Waals surface area contributed by atoms with Crippen molar-refractivity contribution in [1.29, 1.82) is 0 Å². The van der Waals surface area contributed by atoms with Crippen molar-refractivity contribution in [2.75, 3.05) is 6.54 Å². The lowest BCUT2D eigenvalue weighted by Crippen LogP contribution is -2.54. The number of ether oxygens (including phenoxy) is 1. The van der Waals surface area contributed by atoms with Crippen LogP contribution in [0.25, 0.3) is 0 Å². The van der Waals surface area contributed by atoms with Crippen LogP contribution in [0.5, 0.6) is 0 Å². The fraction of sp³-hybridized carbons (Fsp3) is 0.556. The molecule has 1 aliphatic rings. The normalized spacial score (nSPS) is 19.8. The monoisotopic (exact) mass is 334 g/mol. The lowest BCUT2D eigenvalue weighted by atomic mass is 10.1. The van der Waals surface area contributed by atoms with E-state index >= 15 is 0 Å². The number of nitrogens with one attached hydrogen (secondary N) is 1. The van der Waals surface area contributed by atoms with E-state index in [2.05, 4.69) is 5.32 Å². The summed E-state index contributed by atoms with van der Waals surface area (Å²) in [5.41, 5.74) is 0.461. The zero-order chi connectivity index (χ0) is 17.7. The van der Waals surface area contributed by atoms with Crippen molar-refractivity contribution in [3.63, 3.8) is 0 Å². The second-order valence-electron chi connectivity index (χ2n) is 7.10. The third-order valence-corrected chi connectivity index (χ3v) is 3.84. The molecular formula is C18H26N2O4. The van der Waals surface area contributed by atoms with E-state index in [1.54, 1.807) is 0 Å². The lowest BCUT2D eigenvalue weighted by molar-refractivity contribution is -0.158. The average molecular weight is 334 g/mol. The van der Waals surface area contributed by atoms with Gasteiger partial charge in [-0.05, 0) is 39.2 Å². The number of nitrogens with zero attached hydrogens (tertiary/aromatic N) is 1. The third-order valence-electron chi connectivity index (χ3n) is 3.84. The van der Waals surface area contributed by atoms with Gasteiger partial charge in [0.25, 0.3) is 5.91 Å². The minimum Gasteiger partial charge on any atom is -0.460 e. The Hall–Kier alpha value is -1.92. The van der Waals surface area contributed by atoms with Gasteiger partial charge in [-0.3, -0.25) is 14.5 Å². The van der Waals surface area contributed by atoms with Crippen molar-refractivity contribution in [3.8, 4) is 0 Å². The summed E-state index contributed by atoms with van der Waals surface area (Å²) in [5, 5.41) is 13.0. The molecule has 6 nitrogen and oxygen atoms in total. The Balaban J connectivity index is 1.94. The van der Waals surface area contributed by atoms with Crippen LogP contribution in [0.1, 0.15) is 39.2 Å². The number of amides is 1. The van der Waals surface area contributed by atoms with Gasteiger partial charge in [-0.25, -0.2) is 0 Å². The van der Waals surface area contributed by atoms with E-state index in [9.17, 15) is 14.7 Å². The number of carbonyl (C=O) groups is 2. The standard InChI is InChI=1S/C18H26N2O4/c1-18(2,3)19-15(21)16(22)20-11-7-10-14(20)17(23)24-12-13-8-5-4-6-9-13/h4-6,8-9,14,16,22H,7,10-12H2,1-3H3,(H,19,21). The SMILES string of the molecule is CC(C)(C)NC(=O)C(O)N1CCCC1C(=O)OCc1ccccc1. The van der Waals surface area contributed by atoms with E-state index < -0.39 is 29.7 Å². The first-order valence-corrected chi connectivity index (χ1v) is 8.24. The van der Waals surface area contributed by atoms with Crippen LogP contribution in [0.4, 0.5) is 0 Å². The molecule has 1 aromatic carbocycles. The van der Waals surface area contributed by atoms with Crippen LogP contribution >= 0.6 is 0 Å². The largest absolute Gasteiger partial charge is 0.460 e. The number of carbonyl (C=O) groups excluding carboxylic acids is 2. The van der Waals surface area contributed by atoms with E-state index in [0.717, 1.165) is 12.0 Å². The molecule has 1 fully saturated rings. The summed E-state index contributed by atoms with van der Waals surface area (Å²) in [5.74, 6) is -0.899. The van der Waals surface area contributed by atoms with E-state index in [1.165, 1.54) is 4.90 Å². The highest BCUT2D eigenvalue weighted by Crippen LogP contribution is 2.21. The van der Waals surface area contributed by atoms with Crippen molar-refractivity contribution in [2.24, 2.45) is 0 Å². The molecule has 2 atom stereocenters. The number of benzene rings is 1. The number of aliphatic hydroxyl groups excluding tert-OH is 1. The van der Waals surface area contributed by atoms with E-state index in [1.807, 2.05) is 51.1 Å². The number of esters is 1. The Bertz CT molecular complexity index is 568. The zero-order valence-corrected chi connectivity index (χ0v) is 14.5. The predicted octanol–water partition coefficient (Wildman–Crippen LogP) is 1.43. The molecule has 0 aliphatic carbocycles. The van der Waals surface area contributed by atoms with Crippen molar-refractivity contribution in [3.05, 3.63) is 35.9 Å². The highest BCUT2D eigenvalue weighted by Gasteiger charge is 2.39. The van der Waals surface area contributed by atoms with Gasteiger partial charge in [0.05, 0.1) is 0 Å². The van der Waals surface area contributed by atoms with Crippen LogP contribution < -0.4 is 5.32 Å². The van der Waals surface area contributed by atoms with E-state index in [4.69, 9.17) is 4.74 Å². The van der Waals surface area contributed by atoms with Crippen molar-refractivity contribution in [2.45, 2.75) is 58.0 Å². The molecule has 2 N–H and O–H groups in total.